The molecule has 0 saturated carbocycles. The molecule has 3 heterocycles. The topological polar surface area (TPSA) is 108 Å². The van der Waals surface area contributed by atoms with Crippen LogP contribution in [0.1, 0.15) is 11.1 Å². The molecule has 5 aromatic rings. The van der Waals surface area contributed by atoms with Crippen molar-refractivity contribution in [3.8, 4) is 23.1 Å². The summed E-state index contributed by atoms with van der Waals surface area (Å²) in [6.07, 6.45) is 3.75. The minimum atomic E-state index is -0.344. The van der Waals surface area contributed by atoms with Crippen LogP contribution in [0.4, 0.5) is 0 Å². The Labute approximate surface area is 261 Å². The molecule has 11 heteroatoms. The van der Waals surface area contributed by atoms with Gasteiger partial charge in [0.2, 0.25) is 5.82 Å². The van der Waals surface area contributed by atoms with Crippen molar-refractivity contribution in [3.05, 3.63) is 99.3 Å². The predicted octanol–water partition coefficient (Wildman–Crippen LogP) is 5.43. The Morgan fingerprint density at radius 1 is 1.14 bits per heavy atom. The molecule has 0 bridgehead atoms. The van der Waals surface area contributed by atoms with Gasteiger partial charge in [0, 0.05) is 28.5 Å². The maximum atomic E-state index is 13.7. The number of ether oxygens (including phenoxy) is 3. The largest absolute Gasteiger partial charge is 0.493 e. The van der Waals surface area contributed by atoms with Crippen molar-refractivity contribution in [1.29, 1.82) is 0 Å². The normalized spacial score (nSPS) is 13.5. The lowest BCUT2D eigenvalue weighted by molar-refractivity contribution is -0.137. The van der Waals surface area contributed by atoms with Crippen molar-refractivity contribution < 1.29 is 23.4 Å². The van der Waals surface area contributed by atoms with Crippen LogP contribution >= 0.6 is 15.9 Å². The highest BCUT2D eigenvalue weighted by Crippen LogP contribution is 2.34. The van der Waals surface area contributed by atoms with Gasteiger partial charge in [-0.3, -0.25) is 9.59 Å². The molecule has 1 aliphatic heterocycles. The van der Waals surface area contributed by atoms with Gasteiger partial charge < -0.3 is 23.5 Å². The third-order valence-corrected chi connectivity index (χ3v) is 7.71. The Hall–Kier alpha value is -4.74. The monoisotopic (exact) mass is 656 g/mol. The first-order chi connectivity index (χ1) is 21.4. The second-order valence-electron chi connectivity index (χ2n) is 10.1. The Kier molecular flexibility index (Phi) is 8.58. The molecule has 6 rings (SSSR count). The van der Waals surface area contributed by atoms with E-state index in [9.17, 15) is 9.59 Å². The van der Waals surface area contributed by atoms with Crippen molar-refractivity contribution in [1.82, 2.24) is 14.6 Å². The molecule has 1 aliphatic rings. The Morgan fingerprint density at radius 3 is 2.75 bits per heavy atom. The maximum Gasteiger partial charge on any atom is 0.282 e. The summed E-state index contributed by atoms with van der Waals surface area (Å²) in [5.41, 5.74) is 2.24. The second-order valence-corrected chi connectivity index (χ2v) is 11.0. The Morgan fingerprint density at radius 2 is 1.95 bits per heavy atom. The average Bonchev–Trinajstić information content (AvgIpc) is 3.47. The number of halogens is 1. The molecule has 1 saturated heterocycles. The third-order valence-electron chi connectivity index (χ3n) is 7.22. The van der Waals surface area contributed by atoms with Crippen LogP contribution in [0.3, 0.4) is 0 Å². The van der Waals surface area contributed by atoms with E-state index >= 15 is 0 Å². The molecule has 0 aliphatic carbocycles. The zero-order valence-electron chi connectivity index (χ0n) is 24.0. The number of methoxy groups -OCH3 is 1. The Bertz CT molecular complexity index is 1960. The maximum absolute atomic E-state index is 13.7. The summed E-state index contributed by atoms with van der Waals surface area (Å²) in [5, 5.41) is 5.86. The van der Waals surface area contributed by atoms with Crippen molar-refractivity contribution in [2.75, 3.05) is 40.0 Å². The van der Waals surface area contributed by atoms with Gasteiger partial charge in [0.1, 0.15) is 5.58 Å². The summed E-state index contributed by atoms with van der Waals surface area (Å²) in [6.45, 7) is 5.82. The van der Waals surface area contributed by atoms with Crippen molar-refractivity contribution in [3.63, 3.8) is 0 Å². The fraction of sp³-hybridized carbons (Fsp3) is 0.212. The van der Waals surface area contributed by atoms with Gasteiger partial charge >= 0.3 is 0 Å². The second kappa shape index (κ2) is 12.9. The number of hydrogen-bond donors (Lipinski definition) is 0. The zero-order chi connectivity index (χ0) is 30.6. The number of fused-ring (bicyclic) bond motifs is 2. The SMILES string of the molecule is C=CCc1cc(C=Nn2c(-c3cc4cc(Br)ccc4o3)nc3ccccc3c2=O)cc(OC)c1OCC(=O)N1CCOCC1. The lowest BCUT2D eigenvalue weighted by atomic mass is 10.1. The van der Waals surface area contributed by atoms with Crippen LogP contribution in [-0.2, 0) is 16.0 Å². The highest BCUT2D eigenvalue weighted by atomic mass is 79.9. The molecule has 0 atom stereocenters. The molecular weight excluding hydrogens is 628 g/mol. The van der Waals surface area contributed by atoms with E-state index in [1.807, 2.05) is 36.4 Å². The molecule has 0 radical (unpaired) electrons. The molecular formula is C33H29BrN4O6. The first-order valence-electron chi connectivity index (χ1n) is 14.0. The van der Waals surface area contributed by atoms with Gasteiger partial charge in [-0.05, 0) is 60.5 Å². The fourth-order valence-corrected chi connectivity index (χ4v) is 5.44. The fourth-order valence-electron chi connectivity index (χ4n) is 5.06. The van der Waals surface area contributed by atoms with E-state index in [1.54, 1.807) is 41.5 Å². The van der Waals surface area contributed by atoms with E-state index in [0.717, 1.165) is 15.4 Å². The van der Waals surface area contributed by atoms with Crippen LogP contribution in [-0.4, -0.2) is 66.7 Å². The average molecular weight is 658 g/mol. The van der Waals surface area contributed by atoms with Gasteiger partial charge in [-0.15, -0.1) is 6.58 Å². The minimum Gasteiger partial charge on any atom is -0.493 e. The molecule has 0 spiro atoms. The number of furan rings is 1. The molecule has 224 valence electrons. The molecule has 0 N–H and O–H groups in total. The van der Waals surface area contributed by atoms with Gasteiger partial charge in [-0.2, -0.15) is 9.78 Å². The number of carbonyl (C=O) groups excluding carboxylic acids is 1. The summed E-state index contributed by atoms with van der Waals surface area (Å²) >= 11 is 3.49. The van der Waals surface area contributed by atoms with Gasteiger partial charge in [0.15, 0.2) is 23.9 Å². The molecule has 1 amide bonds. The highest BCUT2D eigenvalue weighted by Gasteiger charge is 2.20. The van der Waals surface area contributed by atoms with Crippen LogP contribution < -0.4 is 15.0 Å². The zero-order valence-corrected chi connectivity index (χ0v) is 25.6. The molecule has 0 unspecified atom stereocenters. The highest BCUT2D eigenvalue weighted by molar-refractivity contribution is 9.10. The van der Waals surface area contributed by atoms with Crippen molar-refractivity contribution in [2.45, 2.75) is 6.42 Å². The van der Waals surface area contributed by atoms with E-state index in [2.05, 4.69) is 27.6 Å². The number of aromatic nitrogens is 2. The Balaban J connectivity index is 1.38. The number of benzene rings is 3. The van der Waals surface area contributed by atoms with Crippen LogP contribution in [0, 0.1) is 0 Å². The molecule has 2 aromatic heterocycles. The number of allylic oxidation sites excluding steroid dienone is 1. The van der Waals surface area contributed by atoms with Gasteiger partial charge in [0.05, 0.1) is 37.4 Å². The molecule has 44 heavy (non-hydrogen) atoms. The molecule has 3 aromatic carbocycles. The lowest BCUT2D eigenvalue weighted by Crippen LogP contribution is -2.43. The first-order valence-corrected chi connectivity index (χ1v) is 14.8. The summed E-state index contributed by atoms with van der Waals surface area (Å²) in [5.74, 6) is 1.41. The van der Waals surface area contributed by atoms with Crippen molar-refractivity contribution in [2.24, 2.45) is 5.10 Å². The van der Waals surface area contributed by atoms with Gasteiger partial charge in [-0.25, -0.2) is 4.98 Å². The minimum absolute atomic E-state index is 0.126. The number of morpholine rings is 1. The summed E-state index contributed by atoms with van der Waals surface area (Å²) in [4.78, 5) is 32.9. The molecule has 1 fully saturated rings. The van der Waals surface area contributed by atoms with Crippen LogP contribution in [0.25, 0.3) is 33.5 Å². The van der Waals surface area contributed by atoms with E-state index in [-0.39, 0.29) is 23.9 Å². The van der Waals surface area contributed by atoms with Gasteiger partial charge in [0.25, 0.3) is 11.5 Å². The summed E-state index contributed by atoms with van der Waals surface area (Å²) in [6, 6.07) is 18.2. The number of hydrogen-bond acceptors (Lipinski definition) is 8. The van der Waals surface area contributed by atoms with E-state index < -0.39 is 0 Å². The molecule has 10 nitrogen and oxygen atoms in total. The lowest BCUT2D eigenvalue weighted by Gasteiger charge is -2.27. The smallest absolute Gasteiger partial charge is 0.282 e. The number of nitrogens with zero attached hydrogens (tertiary/aromatic N) is 4. The van der Waals surface area contributed by atoms with Gasteiger partial charge in [-0.1, -0.05) is 34.1 Å². The summed E-state index contributed by atoms with van der Waals surface area (Å²) < 4.78 is 25.2. The quantitative estimate of drug-likeness (QED) is 0.154. The number of amides is 1. The van der Waals surface area contributed by atoms with Crippen LogP contribution in [0.2, 0.25) is 0 Å². The predicted molar refractivity (Wildman–Crippen MR) is 172 cm³/mol. The van der Waals surface area contributed by atoms with Crippen LogP contribution in [0.15, 0.2) is 92.1 Å². The summed E-state index contributed by atoms with van der Waals surface area (Å²) in [7, 11) is 1.53. The number of para-hydroxylation sites is 1. The van der Waals surface area contributed by atoms with E-state index in [4.69, 9.17) is 23.6 Å². The van der Waals surface area contributed by atoms with E-state index in [0.29, 0.717) is 72.0 Å². The third kappa shape index (κ3) is 6.01. The van der Waals surface area contributed by atoms with Crippen LogP contribution in [0.5, 0.6) is 11.5 Å². The standard InChI is InChI=1S/C33H29BrN4O6/c1-3-6-22-15-21(16-28(41-2)31(22)43-20-30(39)37-11-13-42-14-12-37)19-35-38-32(36-26-8-5-4-7-25(26)33(38)40)29-18-23-17-24(34)9-10-27(23)44-29/h3-5,7-10,15-19H,1,6,11-14,20H2,2H3. The van der Waals surface area contributed by atoms with Crippen molar-refractivity contribution >= 4 is 49.9 Å². The number of carbonyl (C=O) groups is 1. The van der Waals surface area contributed by atoms with E-state index in [1.165, 1.54) is 11.8 Å². The first kappa shape index (κ1) is 29.3. The number of rotatable bonds is 9.